The third kappa shape index (κ3) is 3.24. The molecule has 1 aromatic carbocycles. The van der Waals surface area contributed by atoms with Gasteiger partial charge in [-0.2, -0.15) is 0 Å². The van der Waals surface area contributed by atoms with E-state index in [4.69, 9.17) is 0 Å². The summed E-state index contributed by atoms with van der Waals surface area (Å²) < 4.78 is 2.16. The molecule has 1 N–H and O–H groups in total. The van der Waals surface area contributed by atoms with Crippen LogP contribution in [0.25, 0.3) is 11.4 Å². The fourth-order valence-electron chi connectivity index (χ4n) is 2.22. The van der Waals surface area contributed by atoms with E-state index in [1.807, 2.05) is 12.4 Å². The molecule has 3 nitrogen and oxygen atoms in total. The van der Waals surface area contributed by atoms with Crippen LogP contribution in [0, 0.1) is 0 Å². The summed E-state index contributed by atoms with van der Waals surface area (Å²) in [6.45, 7) is 8.54. The van der Waals surface area contributed by atoms with Gasteiger partial charge in [0.25, 0.3) is 0 Å². The second-order valence-corrected chi connectivity index (χ2v) is 4.83. The lowest BCUT2D eigenvalue weighted by Crippen LogP contribution is -2.19. The van der Waals surface area contributed by atoms with Gasteiger partial charge in [-0.1, -0.05) is 31.2 Å². The van der Waals surface area contributed by atoms with E-state index < -0.39 is 0 Å². The molecule has 0 amide bonds. The minimum atomic E-state index is 0.403. The first kappa shape index (κ1) is 13.8. The first-order valence-electron chi connectivity index (χ1n) is 7.11. The minimum absolute atomic E-state index is 0.403. The van der Waals surface area contributed by atoms with Gasteiger partial charge in [0.05, 0.1) is 0 Å². The Kier molecular flexibility index (Phi) is 4.74. The van der Waals surface area contributed by atoms with E-state index in [1.54, 1.807) is 0 Å². The Labute approximate surface area is 115 Å². The second-order valence-electron chi connectivity index (χ2n) is 4.83. The molecule has 0 spiro atoms. The van der Waals surface area contributed by atoms with Crippen molar-refractivity contribution in [2.75, 3.05) is 6.54 Å². The van der Waals surface area contributed by atoms with Crippen LogP contribution >= 0.6 is 0 Å². The second kappa shape index (κ2) is 6.53. The SMILES string of the molecule is CCCNC(C)c1ccc(-c2nccn2CC)cc1. The summed E-state index contributed by atoms with van der Waals surface area (Å²) in [6, 6.07) is 9.11. The number of hydrogen-bond acceptors (Lipinski definition) is 2. The van der Waals surface area contributed by atoms with Crippen LogP contribution in [0.15, 0.2) is 36.7 Å². The van der Waals surface area contributed by atoms with Crippen LogP contribution in [-0.4, -0.2) is 16.1 Å². The quantitative estimate of drug-likeness (QED) is 0.856. The average molecular weight is 257 g/mol. The lowest BCUT2D eigenvalue weighted by Gasteiger charge is -2.14. The maximum Gasteiger partial charge on any atom is 0.139 e. The van der Waals surface area contributed by atoms with Crippen molar-refractivity contribution in [2.24, 2.45) is 0 Å². The molecule has 0 saturated heterocycles. The van der Waals surface area contributed by atoms with Crippen LogP contribution in [0.3, 0.4) is 0 Å². The van der Waals surface area contributed by atoms with Gasteiger partial charge >= 0.3 is 0 Å². The van der Waals surface area contributed by atoms with Gasteiger partial charge in [-0.3, -0.25) is 0 Å². The van der Waals surface area contributed by atoms with Gasteiger partial charge in [0.1, 0.15) is 5.82 Å². The number of rotatable bonds is 6. The lowest BCUT2D eigenvalue weighted by molar-refractivity contribution is 0.571. The van der Waals surface area contributed by atoms with E-state index in [0.29, 0.717) is 6.04 Å². The molecule has 1 heterocycles. The fraction of sp³-hybridized carbons (Fsp3) is 0.438. The minimum Gasteiger partial charge on any atom is -0.331 e. The molecule has 3 heteroatoms. The lowest BCUT2D eigenvalue weighted by atomic mass is 10.1. The Morgan fingerprint density at radius 3 is 2.58 bits per heavy atom. The zero-order chi connectivity index (χ0) is 13.7. The monoisotopic (exact) mass is 257 g/mol. The molecule has 0 bridgehead atoms. The van der Waals surface area contributed by atoms with E-state index in [-0.39, 0.29) is 0 Å². The van der Waals surface area contributed by atoms with Gasteiger partial charge < -0.3 is 9.88 Å². The number of nitrogens with one attached hydrogen (secondary N) is 1. The summed E-state index contributed by atoms with van der Waals surface area (Å²) in [5.41, 5.74) is 2.50. The van der Waals surface area contributed by atoms with Crippen LogP contribution in [-0.2, 0) is 6.54 Å². The summed E-state index contributed by atoms with van der Waals surface area (Å²) in [6.07, 6.45) is 5.04. The molecule has 0 radical (unpaired) electrons. The number of imidazole rings is 1. The molecule has 2 aromatic rings. The Hall–Kier alpha value is -1.61. The highest BCUT2D eigenvalue weighted by atomic mass is 15.1. The average Bonchev–Trinajstić information content (AvgIpc) is 2.93. The molecule has 1 unspecified atom stereocenters. The van der Waals surface area contributed by atoms with E-state index in [0.717, 1.165) is 25.3 Å². The summed E-state index contributed by atoms with van der Waals surface area (Å²) in [7, 11) is 0. The molecule has 1 atom stereocenters. The zero-order valence-corrected chi connectivity index (χ0v) is 12.1. The molecule has 0 aliphatic carbocycles. The third-order valence-corrected chi connectivity index (χ3v) is 3.43. The topological polar surface area (TPSA) is 29.9 Å². The highest BCUT2D eigenvalue weighted by molar-refractivity contribution is 5.56. The molecule has 102 valence electrons. The van der Waals surface area contributed by atoms with E-state index in [1.165, 1.54) is 11.1 Å². The Morgan fingerprint density at radius 2 is 1.95 bits per heavy atom. The van der Waals surface area contributed by atoms with Crippen molar-refractivity contribution in [1.82, 2.24) is 14.9 Å². The fourth-order valence-corrected chi connectivity index (χ4v) is 2.22. The molecular formula is C16H23N3. The Balaban J connectivity index is 2.14. The van der Waals surface area contributed by atoms with Crippen LogP contribution in [0.2, 0.25) is 0 Å². The highest BCUT2D eigenvalue weighted by Gasteiger charge is 2.07. The van der Waals surface area contributed by atoms with Crippen molar-refractivity contribution >= 4 is 0 Å². The molecule has 2 rings (SSSR count). The van der Waals surface area contributed by atoms with Crippen molar-refractivity contribution in [1.29, 1.82) is 0 Å². The summed E-state index contributed by atoms with van der Waals surface area (Å²) in [5.74, 6) is 1.04. The molecule has 0 fully saturated rings. The normalized spacial score (nSPS) is 12.6. The zero-order valence-electron chi connectivity index (χ0n) is 12.1. The van der Waals surface area contributed by atoms with E-state index in [2.05, 4.69) is 59.9 Å². The molecule has 1 aromatic heterocycles. The van der Waals surface area contributed by atoms with Gasteiger partial charge in [-0.05, 0) is 32.4 Å². The largest absolute Gasteiger partial charge is 0.331 e. The molecule has 0 aliphatic rings. The van der Waals surface area contributed by atoms with Crippen LogP contribution in [0.4, 0.5) is 0 Å². The van der Waals surface area contributed by atoms with Gasteiger partial charge in [0.15, 0.2) is 0 Å². The Bertz CT molecular complexity index is 499. The standard InChI is InChI=1S/C16H23N3/c1-4-10-17-13(3)14-6-8-15(9-7-14)16-18-11-12-19(16)5-2/h6-9,11-13,17H,4-5,10H2,1-3H3. The van der Waals surface area contributed by atoms with Crippen LogP contribution < -0.4 is 5.32 Å². The van der Waals surface area contributed by atoms with Crippen LogP contribution in [0.1, 0.15) is 38.8 Å². The highest BCUT2D eigenvalue weighted by Crippen LogP contribution is 2.20. The Morgan fingerprint density at radius 1 is 1.21 bits per heavy atom. The summed E-state index contributed by atoms with van der Waals surface area (Å²) in [5, 5.41) is 3.50. The smallest absolute Gasteiger partial charge is 0.139 e. The predicted octanol–water partition coefficient (Wildman–Crippen LogP) is 3.63. The van der Waals surface area contributed by atoms with Gasteiger partial charge in [0, 0.05) is 30.5 Å². The van der Waals surface area contributed by atoms with Crippen LogP contribution in [0.5, 0.6) is 0 Å². The van der Waals surface area contributed by atoms with Gasteiger partial charge in [-0.25, -0.2) is 4.98 Å². The van der Waals surface area contributed by atoms with E-state index >= 15 is 0 Å². The molecular weight excluding hydrogens is 234 g/mol. The first-order chi connectivity index (χ1) is 9.26. The number of hydrogen-bond donors (Lipinski definition) is 1. The number of nitrogens with zero attached hydrogens (tertiary/aromatic N) is 2. The number of aromatic nitrogens is 2. The van der Waals surface area contributed by atoms with Crippen molar-refractivity contribution in [3.8, 4) is 11.4 Å². The predicted molar refractivity (Wildman–Crippen MR) is 80.0 cm³/mol. The van der Waals surface area contributed by atoms with Crippen molar-refractivity contribution < 1.29 is 0 Å². The summed E-state index contributed by atoms with van der Waals surface area (Å²) in [4.78, 5) is 4.43. The van der Waals surface area contributed by atoms with Crippen molar-refractivity contribution in [3.63, 3.8) is 0 Å². The van der Waals surface area contributed by atoms with E-state index in [9.17, 15) is 0 Å². The first-order valence-corrected chi connectivity index (χ1v) is 7.11. The van der Waals surface area contributed by atoms with Crippen molar-refractivity contribution in [2.45, 2.75) is 39.8 Å². The number of aryl methyl sites for hydroxylation is 1. The van der Waals surface area contributed by atoms with Gasteiger partial charge in [0.2, 0.25) is 0 Å². The number of benzene rings is 1. The van der Waals surface area contributed by atoms with Crippen molar-refractivity contribution in [3.05, 3.63) is 42.2 Å². The third-order valence-electron chi connectivity index (χ3n) is 3.43. The summed E-state index contributed by atoms with van der Waals surface area (Å²) >= 11 is 0. The molecule has 0 saturated carbocycles. The van der Waals surface area contributed by atoms with Gasteiger partial charge in [-0.15, -0.1) is 0 Å². The molecule has 0 aliphatic heterocycles. The maximum atomic E-state index is 4.43. The molecule has 19 heavy (non-hydrogen) atoms. The maximum absolute atomic E-state index is 4.43.